The van der Waals surface area contributed by atoms with Crippen molar-refractivity contribution in [3.05, 3.63) is 35.1 Å². The van der Waals surface area contributed by atoms with Gasteiger partial charge in [-0.25, -0.2) is 4.39 Å². The lowest BCUT2D eigenvalue weighted by molar-refractivity contribution is -0.152. The number of nitrogens with zero attached hydrogens (tertiary/aromatic N) is 2. The van der Waals surface area contributed by atoms with Crippen molar-refractivity contribution in [1.82, 2.24) is 9.80 Å². The van der Waals surface area contributed by atoms with Crippen LogP contribution in [0.3, 0.4) is 0 Å². The molecule has 24 heavy (non-hydrogen) atoms. The molecule has 0 N–H and O–H groups in total. The van der Waals surface area contributed by atoms with E-state index in [1.807, 2.05) is 0 Å². The van der Waals surface area contributed by atoms with Gasteiger partial charge in [0.2, 0.25) is 11.8 Å². The molecule has 1 atom stereocenters. The number of benzene rings is 1. The Bertz CT molecular complexity index is 1080. The number of rotatable bonds is 1. The number of carbonyl (C=O) groups excluding carboxylic acids is 2. The van der Waals surface area contributed by atoms with Crippen molar-refractivity contribution in [2.24, 2.45) is 5.89 Å². The van der Waals surface area contributed by atoms with E-state index in [0.29, 0.717) is 22.4 Å². The zero-order valence-corrected chi connectivity index (χ0v) is 12.7. The van der Waals surface area contributed by atoms with E-state index in [0.717, 1.165) is 0 Å². The van der Waals surface area contributed by atoms with Gasteiger partial charge in [-0.2, -0.15) is 0 Å². The summed E-state index contributed by atoms with van der Waals surface area (Å²) in [6, 6.07) is 3.07. The second kappa shape index (κ2) is 6.19. The Balaban J connectivity index is 1.82. The molecule has 128 valence electrons. The van der Waals surface area contributed by atoms with E-state index in [-0.39, 0.29) is 13.1 Å². The number of amides is 2. The van der Waals surface area contributed by atoms with Crippen molar-refractivity contribution in [2.75, 3.05) is 19.6 Å². The maximum atomic E-state index is 14.0. The molecule has 1 saturated carbocycles. The molecule has 3 aliphatic rings. The van der Waals surface area contributed by atoms with E-state index in [1.54, 1.807) is 0 Å². The molecule has 1 aliphatic carbocycles. The van der Waals surface area contributed by atoms with Crippen LogP contribution in [0, 0.1) is 11.7 Å². The van der Waals surface area contributed by atoms with Crippen molar-refractivity contribution < 1.29 is 29.1 Å². The third kappa shape index (κ3) is 2.70. The molecular weight excluding hydrogens is 307 g/mol. The van der Waals surface area contributed by atoms with Crippen LogP contribution in [0.25, 0.3) is 0 Å². The van der Waals surface area contributed by atoms with Gasteiger partial charge in [0.15, 0.2) is 0 Å². The lowest BCUT2D eigenvalue weighted by atomic mass is 9.86. The Morgan fingerprint density at radius 3 is 2.88 bits per heavy atom. The summed E-state index contributed by atoms with van der Waals surface area (Å²) in [7, 11) is 0. The fraction of sp³-hybridized carbons (Fsp3) is 0.579. The number of hydrogen-bond donors (Lipinski definition) is 0. The fourth-order valence-electron chi connectivity index (χ4n) is 3.36. The van der Waals surface area contributed by atoms with Crippen molar-refractivity contribution >= 4 is 11.8 Å². The normalized spacial score (nSPS) is 43.1. The Kier molecular flexibility index (Phi) is 1.94. The topological polar surface area (TPSA) is 40.6 Å². The number of carbonyl (C=O) groups is 2. The van der Waals surface area contributed by atoms with Crippen molar-refractivity contribution in [1.29, 1.82) is 0 Å². The lowest BCUT2D eigenvalue weighted by Crippen LogP contribution is -2.56. The first kappa shape index (κ1) is 7.54. The van der Waals surface area contributed by atoms with Crippen LogP contribution in [0.2, 0.25) is 0 Å². The van der Waals surface area contributed by atoms with Gasteiger partial charge in [0.25, 0.3) is 0 Å². The van der Waals surface area contributed by atoms with Crippen LogP contribution in [-0.4, -0.2) is 41.2 Å². The lowest BCUT2D eigenvalue weighted by Gasteiger charge is -2.45. The highest BCUT2D eigenvalue weighted by Crippen LogP contribution is 2.35. The predicted octanol–water partition coefficient (Wildman–Crippen LogP) is 2.67. The van der Waals surface area contributed by atoms with E-state index < -0.39 is 68.0 Å². The number of fused-ring (bicyclic) bond motifs is 3. The number of hydrogen-bond acceptors (Lipinski definition) is 2. The molecule has 0 bridgehead atoms. The Hall–Kier alpha value is -1.91. The molecule has 1 saturated heterocycles. The minimum atomic E-state index is -3.85. The van der Waals surface area contributed by atoms with Crippen molar-refractivity contribution in [2.45, 2.75) is 44.3 Å². The monoisotopic (exact) mass is 341 g/mol. The summed E-state index contributed by atoms with van der Waals surface area (Å²) < 4.78 is 104. The first-order valence-electron chi connectivity index (χ1n) is 13.1. The van der Waals surface area contributed by atoms with Gasteiger partial charge in [0, 0.05) is 34.1 Å². The molecule has 0 unspecified atom stereocenters. The van der Waals surface area contributed by atoms with E-state index >= 15 is 0 Å². The van der Waals surface area contributed by atoms with E-state index in [9.17, 15) is 14.0 Å². The molecule has 1 aromatic carbocycles. The Labute approximate surface area is 157 Å². The van der Waals surface area contributed by atoms with Gasteiger partial charge in [0.1, 0.15) is 5.82 Å². The highest BCUT2D eigenvalue weighted by Gasteiger charge is 2.40. The van der Waals surface area contributed by atoms with Crippen LogP contribution in [0.1, 0.15) is 64.1 Å². The maximum Gasteiger partial charge on any atom is 0.242 e. The molecular formula is C19H23FN2O2. The van der Waals surface area contributed by atoms with Gasteiger partial charge in [0.05, 0.1) is 12.6 Å². The molecule has 0 radical (unpaired) electrons. The van der Waals surface area contributed by atoms with E-state index in [2.05, 4.69) is 0 Å². The van der Waals surface area contributed by atoms with Crippen LogP contribution >= 0.6 is 0 Å². The smallest absolute Gasteiger partial charge is 0.242 e. The van der Waals surface area contributed by atoms with Crippen molar-refractivity contribution in [3.8, 4) is 0 Å². The zero-order valence-electron chi connectivity index (χ0n) is 23.7. The zero-order chi connectivity index (χ0) is 26.6. The summed E-state index contributed by atoms with van der Waals surface area (Å²) in [6.07, 6.45) is -18.7. The quantitative estimate of drug-likeness (QED) is 0.788. The number of halogens is 1. The van der Waals surface area contributed by atoms with Crippen LogP contribution < -0.4 is 0 Å². The molecule has 2 fully saturated rings. The van der Waals surface area contributed by atoms with Gasteiger partial charge >= 0.3 is 0 Å². The van der Waals surface area contributed by atoms with E-state index in [4.69, 9.17) is 15.1 Å². The Morgan fingerprint density at radius 1 is 1.29 bits per heavy atom. The summed E-state index contributed by atoms with van der Waals surface area (Å²) in [5.41, 5.74) is 1.09. The summed E-state index contributed by atoms with van der Waals surface area (Å²) in [5.74, 6) is -6.72. The minimum absolute atomic E-state index is 0.253. The third-order valence-corrected chi connectivity index (χ3v) is 4.51. The van der Waals surface area contributed by atoms with Crippen LogP contribution in [0.5, 0.6) is 0 Å². The predicted molar refractivity (Wildman–Crippen MR) is 87.7 cm³/mol. The second-order valence-electron chi connectivity index (χ2n) is 5.88. The van der Waals surface area contributed by atoms with Gasteiger partial charge in [-0.3, -0.25) is 9.59 Å². The fourth-order valence-corrected chi connectivity index (χ4v) is 3.36. The molecule has 1 aromatic rings. The van der Waals surface area contributed by atoms with E-state index in [1.165, 1.54) is 23.1 Å². The summed E-state index contributed by atoms with van der Waals surface area (Å²) >= 11 is 0. The molecule has 5 heteroatoms. The second-order valence-corrected chi connectivity index (χ2v) is 5.88. The molecule has 4 rings (SSSR count). The highest BCUT2D eigenvalue weighted by atomic mass is 19.1. The molecule has 2 heterocycles. The summed E-state index contributed by atoms with van der Waals surface area (Å²) in [6.45, 7) is -0.832. The largest absolute Gasteiger partial charge is 0.332 e. The third-order valence-electron chi connectivity index (χ3n) is 4.51. The van der Waals surface area contributed by atoms with Crippen LogP contribution in [-0.2, 0) is 16.0 Å². The average Bonchev–Trinajstić information content (AvgIpc) is 2.76. The minimum Gasteiger partial charge on any atom is -0.332 e. The number of piperazine rings is 1. The first-order chi connectivity index (χ1) is 15.8. The molecule has 2 aliphatic heterocycles. The van der Waals surface area contributed by atoms with Crippen molar-refractivity contribution in [3.63, 3.8) is 0 Å². The standard InChI is InChI=1S/C19H23FN2O2/c20-15-7-6-13-8-9-22-17(16(13)10-15)11-21(12-18(22)23)19(24)14-4-2-1-3-5-14/h6-7,10,14,17H,1-5,8-9,11-12H2/t17-/m1/s1/i1D2,2D2,3D2,4D2,5D2,14D. The molecule has 0 aromatic heterocycles. The molecule has 0 spiro atoms. The van der Waals surface area contributed by atoms with Crippen LogP contribution in [0.15, 0.2) is 18.2 Å². The SMILES string of the molecule is [2H]C1([2H])C([2H])([2H])C([2H])([2H])C([2H])(C(=O)N2CC(=O)N3CCc4ccc(F)cc4[C@H]3C2)C([2H])([2H])C1([2H])[2H]. The van der Waals surface area contributed by atoms with Crippen LogP contribution in [0.4, 0.5) is 4.39 Å². The molecule has 4 nitrogen and oxygen atoms in total. The van der Waals surface area contributed by atoms with Gasteiger partial charge in [-0.05, 0) is 42.4 Å². The summed E-state index contributed by atoms with van der Waals surface area (Å²) in [5, 5.41) is 0. The van der Waals surface area contributed by atoms with Gasteiger partial charge < -0.3 is 9.80 Å². The van der Waals surface area contributed by atoms with Gasteiger partial charge in [-0.15, -0.1) is 0 Å². The maximum absolute atomic E-state index is 14.0. The first-order valence-corrected chi connectivity index (χ1v) is 7.64. The molecule has 2 amide bonds. The van der Waals surface area contributed by atoms with Gasteiger partial charge in [-0.1, -0.05) is 25.2 Å². The summed E-state index contributed by atoms with van der Waals surface area (Å²) in [4.78, 5) is 28.6. The average molecular weight is 341 g/mol. The Morgan fingerprint density at radius 2 is 2.08 bits per heavy atom. The highest BCUT2D eigenvalue weighted by molar-refractivity contribution is 5.87.